The Morgan fingerprint density at radius 1 is 0.962 bits per heavy atom. The Balaban J connectivity index is 1.77. The van der Waals surface area contributed by atoms with Gasteiger partial charge in [0.2, 0.25) is 0 Å². The van der Waals surface area contributed by atoms with E-state index in [1.807, 2.05) is 30.3 Å². The van der Waals surface area contributed by atoms with Gasteiger partial charge in [0, 0.05) is 28.5 Å². The third-order valence-electron chi connectivity index (χ3n) is 4.69. The van der Waals surface area contributed by atoms with E-state index in [2.05, 4.69) is 50.3 Å². The highest BCUT2D eigenvalue weighted by molar-refractivity contribution is 6.30. The van der Waals surface area contributed by atoms with Crippen LogP contribution in [-0.2, 0) is 0 Å². The summed E-state index contributed by atoms with van der Waals surface area (Å²) in [6.07, 6.45) is 6.17. The van der Waals surface area contributed by atoms with E-state index < -0.39 is 0 Å². The number of halogens is 1. The van der Waals surface area contributed by atoms with Gasteiger partial charge in [0.15, 0.2) is 5.65 Å². The zero-order valence-corrected chi connectivity index (χ0v) is 14.8. The molecule has 0 saturated heterocycles. The molecule has 5 heteroatoms. The van der Waals surface area contributed by atoms with Crippen molar-refractivity contribution in [3.8, 4) is 16.8 Å². The molecule has 0 atom stereocenters. The molecule has 0 amide bonds. The Morgan fingerprint density at radius 2 is 1.73 bits per heavy atom. The first-order chi connectivity index (χ1) is 12.8. The molecule has 1 N–H and O–H groups in total. The highest BCUT2D eigenvalue weighted by atomic mass is 35.5. The highest BCUT2D eigenvalue weighted by Gasteiger charge is 2.24. The monoisotopic (exact) mass is 360 g/mol. The third kappa shape index (κ3) is 2.72. The van der Waals surface area contributed by atoms with Crippen molar-refractivity contribution >= 4 is 28.5 Å². The van der Waals surface area contributed by atoms with Crippen LogP contribution in [0.4, 0.5) is 5.82 Å². The zero-order chi connectivity index (χ0) is 17.5. The van der Waals surface area contributed by atoms with Crippen LogP contribution in [0.5, 0.6) is 0 Å². The lowest BCUT2D eigenvalue weighted by atomic mass is 10.1. The molecule has 4 nitrogen and oxygen atoms in total. The predicted octanol–water partition coefficient (Wildman–Crippen LogP) is 5.32. The maximum atomic E-state index is 6.06. The van der Waals surface area contributed by atoms with Gasteiger partial charge in [0.1, 0.15) is 12.1 Å². The normalized spacial score (nSPS) is 13.9. The molecule has 2 heterocycles. The number of nitrogens with one attached hydrogen (secondary N) is 1. The Kier molecular flexibility index (Phi) is 3.64. The maximum Gasteiger partial charge on any atom is 0.150 e. The molecule has 128 valence electrons. The highest BCUT2D eigenvalue weighted by Crippen LogP contribution is 2.37. The summed E-state index contributed by atoms with van der Waals surface area (Å²) in [7, 11) is 0. The van der Waals surface area contributed by atoms with Crippen LogP contribution in [0.1, 0.15) is 12.8 Å². The van der Waals surface area contributed by atoms with Crippen LogP contribution in [0.3, 0.4) is 0 Å². The van der Waals surface area contributed by atoms with Gasteiger partial charge in [0.25, 0.3) is 0 Å². The average molecular weight is 361 g/mol. The minimum Gasteiger partial charge on any atom is -0.367 e. The summed E-state index contributed by atoms with van der Waals surface area (Å²) in [5.41, 5.74) is 4.19. The SMILES string of the molecule is Clc1ccc(-n2cc(-c3ccccc3)c3c(NC4CC4)ncnc32)cc1. The van der Waals surface area contributed by atoms with E-state index in [9.17, 15) is 0 Å². The van der Waals surface area contributed by atoms with Crippen LogP contribution >= 0.6 is 11.6 Å². The number of benzene rings is 2. The van der Waals surface area contributed by atoms with Crippen molar-refractivity contribution in [2.45, 2.75) is 18.9 Å². The summed E-state index contributed by atoms with van der Waals surface area (Å²) in [5.74, 6) is 0.907. The third-order valence-corrected chi connectivity index (χ3v) is 4.94. The van der Waals surface area contributed by atoms with Crippen molar-refractivity contribution in [1.29, 1.82) is 0 Å². The Bertz CT molecular complexity index is 1070. The van der Waals surface area contributed by atoms with Crippen molar-refractivity contribution < 1.29 is 0 Å². The van der Waals surface area contributed by atoms with E-state index in [4.69, 9.17) is 11.6 Å². The lowest BCUT2D eigenvalue weighted by Gasteiger charge is -2.08. The number of fused-ring (bicyclic) bond motifs is 1. The lowest BCUT2D eigenvalue weighted by Crippen LogP contribution is -2.04. The number of aromatic nitrogens is 3. The van der Waals surface area contributed by atoms with Crippen molar-refractivity contribution in [2.24, 2.45) is 0 Å². The number of anilines is 1. The first-order valence-corrected chi connectivity index (χ1v) is 9.11. The Hall–Kier alpha value is -2.85. The van der Waals surface area contributed by atoms with Gasteiger partial charge >= 0.3 is 0 Å². The first kappa shape index (κ1) is 15.4. The van der Waals surface area contributed by atoms with E-state index in [0.29, 0.717) is 6.04 Å². The van der Waals surface area contributed by atoms with Crippen molar-refractivity contribution in [3.05, 3.63) is 72.1 Å². The average Bonchev–Trinajstić information content (AvgIpc) is 3.41. The van der Waals surface area contributed by atoms with E-state index in [1.54, 1.807) is 6.33 Å². The van der Waals surface area contributed by atoms with E-state index in [0.717, 1.165) is 38.7 Å². The van der Waals surface area contributed by atoms with Crippen LogP contribution < -0.4 is 5.32 Å². The van der Waals surface area contributed by atoms with Gasteiger partial charge in [-0.3, -0.25) is 0 Å². The molecule has 26 heavy (non-hydrogen) atoms. The van der Waals surface area contributed by atoms with Gasteiger partial charge in [-0.2, -0.15) is 0 Å². The first-order valence-electron chi connectivity index (χ1n) is 8.73. The molecule has 0 unspecified atom stereocenters. The van der Waals surface area contributed by atoms with Crippen LogP contribution in [-0.4, -0.2) is 20.6 Å². The number of hydrogen-bond acceptors (Lipinski definition) is 3. The van der Waals surface area contributed by atoms with Gasteiger partial charge in [-0.15, -0.1) is 0 Å². The fourth-order valence-electron chi connectivity index (χ4n) is 3.23. The quantitative estimate of drug-likeness (QED) is 0.536. The van der Waals surface area contributed by atoms with Crippen LogP contribution in [0.25, 0.3) is 27.8 Å². The zero-order valence-electron chi connectivity index (χ0n) is 14.1. The molecule has 1 aliphatic carbocycles. The fraction of sp³-hybridized carbons (Fsp3) is 0.143. The maximum absolute atomic E-state index is 6.06. The molecule has 0 bridgehead atoms. The minimum absolute atomic E-state index is 0.524. The summed E-state index contributed by atoms with van der Waals surface area (Å²) in [5, 5.41) is 5.33. The Morgan fingerprint density at radius 3 is 2.46 bits per heavy atom. The summed E-state index contributed by atoms with van der Waals surface area (Å²) in [6, 6.07) is 18.7. The van der Waals surface area contributed by atoms with Gasteiger partial charge in [-0.25, -0.2) is 9.97 Å². The largest absolute Gasteiger partial charge is 0.367 e. The van der Waals surface area contributed by atoms with Gasteiger partial charge < -0.3 is 9.88 Å². The predicted molar refractivity (Wildman–Crippen MR) is 106 cm³/mol. The summed E-state index contributed by atoms with van der Waals surface area (Å²) >= 11 is 6.06. The second-order valence-electron chi connectivity index (χ2n) is 6.59. The topological polar surface area (TPSA) is 42.7 Å². The van der Waals surface area contributed by atoms with Crippen molar-refractivity contribution in [3.63, 3.8) is 0 Å². The van der Waals surface area contributed by atoms with Gasteiger partial charge in [0.05, 0.1) is 5.39 Å². The van der Waals surface area contributed by atoms with E-state index in [1.165, 1.54) is 12.8 Å². The lowest BCUT2D eigenvalue weighted by molar-refractivity contribution is 1.06. The van der Waals surface area contributed by atoms with E-state index >= 15 is 0 Å². The van der Waals surface area contributed by atoms with Gasteiger partial charge in [-0.05, 0) is 42.7 Å². The molecule has 0 spiro atoms. The second kappa shape index (κ2) is 6.15. The molecule has 5 rings (SSSR count). The minimum atomic E-state index is 0.524. The molecule has 1 fully saturated rings. The van der Waals surface area contributed by atoms with Crippen LogP contribution in [0.2, 0.25) is 5.02 Å². The summed E-state index contributed by atoms with van der Waals surface area (Å²) < 4.78 is 2.10. The fourth-order valence-corrected chi connectivity index (χ4v) is 3.35. The molecule has 0 radical (unpaired) electrons. The number of hydrogen-bond donors (Lipinski definition) is 1. The molecular weight excluding hydrogens is 344 g/mol. The molecule has 1 aliphatic rings. The van der Waals surface area contributed by atoms with E-state index in [-0.39, 0.29) is 0 Å². The standard InChI is InChI=1S/C21H17ClN4/c22-15-6-10-17(11-7-15)26-12-18(14-4-2-1-3-5-14)19-20(25-16-8-9-16)23-13-24-21(19)26/h1-7,10-13,16H,8-9H2,(H,23,24,25). The summed E-state index contributed by atoms with van der Waals surface area (Å²) in [6.45, 7) is 0. The van der Waals surface area contributed by atoms with Crippen LogP contribution in [0, 0.1) is 0 Å². The second-order valence-corrected chi connectivity index (χ2v) is 7.03. The molecule has 4 aromatic rings. The number of nitrogens with zero attached hydrogens (tertiary/aromatic N) is 3. The van der Waals surface area contributed by atoms with Crippen molar-refractivity contribution in [2.75, 3.05) is 5.32 Å². The molecule has 1 saturated carbocycles. The molecule has 0 aliphatic heterocycles. The van der Waals surface area contributed by atoms with Gasteiger partial charge in [-0.1, -0.05) is 41.9 Å². The summed E-state index contributed by atoms with van der Waals surface area (Å²) in [4.78, 5) is 9.13. The molecule has 2 aromatic carbocycles. The smallest absolute Gasteiger partial charge is 0.150 e. The molecular formula is C21H17ClN4. The number of rotatable bonds is 4. The molecule has 2 aromatic heterocycles. The van der Waals surface area contributed by atoms with Crippen LogP contribution in [0.15, 0.2) is 67.1 Å². The Labute approximate surface area is 156 Å². The van der Waals surface area contributed by atoms with Crippen molar-refractivity contribution in [1.82, 2.24) is 14.5 Å².